The third-order valence-corrected chi connectivity index (χ3v) is 5.59. The van der Waals surface area contributed by atoms with Crippen molar-refractivity contribution in [1.82, 2.24) is 19.6 Å². The zero-order chi connectivity index (χ0) is 22.3. The number of benzene rings is 2. The molecule has 0 N–H and O–H groups in total. The number of hydrogen-bond acceptors (Lipinski definition) is 5. The lowest BCUT2D eigenvalue weighted by atomic mass is 10.2. The maximum absolute atomic E-state index is 12.8. The van der Waals surface area contributed by atoms with Crippen molar-refractivity contribution in [2.24, 2.45) is 0 Å². The van der Waals surface area contributed by atoms with Crippen LogP contribution in [0.2, 0.25) is 0 Å². The van der Waals surface area contributed by atoms with E-state index in [1.807, 2.05) is 48.5 Å². The molecule has 0 saturated carbocycles. The quantitative estimate of drug-likeness (QED) is 0.537. The molecule has 7 nitrogen and oxygen atoms in total. The lowest BCUT2D eigenvalue weighted by Gasteiger charge is -2.35. The Balaban J connectivity index is 1.23. The van der Waals surface area contributed by atoms with Crippen LogP contribution in [0.4, 0.5) is 0 Å². The standard InChI is InChI=1S/C25H28N4O3/c1-20(25(31)28-14-12-27(13-15-28)18-21-8-4-2-5-9-21)32-24(30)16-22-17-26-29(19-22)23-10-6-3-7-11-23/h2-11,17,19-20H,12-16,18H2,1H3. The summed E-state index contributed by atoms with van der Waals surface area (Å²) in [5.74, 6) is -0.570. The molecule has 1 aliphatic rings. The number of nitrogens with zero attached hydrogens (tertiary/aromatic N) is 4. The van der Waals surface area contributed by atoms with E-state index in [1.54, 1.807) is 28.9 Å². The molecule has 0 spiro atoms. The average Bonchev–Trinajstić information content (AvgIpc) is 3.28. The molecule has 0 radical (unpaired) electrons. The number of hydrogen-bond donors (Lipinski definition) is 0. The van der Waals surface area contributed by atoms with Gasteiger partial charge in [0.1, 0.15) is 0 Å². The molecular weight excluding hydrogens is 404 g/mol. The summed E-state index contributed by atoms with van der Waals surface area (Å²) in [6.07, 6.45) is 2.73. The van der Waals surface area contributed by atoms with Gasteiger partial charge >= 0.3 is 5.97 Å². The zero-order valence-electron chi connectivity index (χ0n) is 18.3. The molecule has 1 aromatic heterocycles. The summed E-state index contributed by atoms with van der Waals surface area (Å²) in [7, 11) is 0. The first-order valence-corrected chi connectivity index (χ1v) is 10.9. The van der Waals surface area contributed by atoms with Gasteiger partial charge in [-0.1, -0.05) is 48.5 Å². The van der Waals surface area contributed by atoms with E-state index in [9.17, 15) is 9.59 Å². The van der Waals surface area contributed by atoms with E-state index >= 15 is 0 Å². The molecule has 7 heteroatoms. The maximum atomic E-state index is 12.8. The van der Waals surface area contributed by atoms with E-state index in [-0.39, 0.29) is 12.3 Å². The highest BCUT2D eigenvalue weighted by Gasteiger charge is 2.27. The minimum atomic E-state index is -0.799. The van der Waals surface area contributed by atoms with Gasteiger partial charge in [0.25, 0.3) is 5.91 Å². The Kier molecular flexibility index (Phi) is 6.97. The topological polar surface area (TPSA) is 67.7 Å². The van der Waals surface area contributed by atoms with Crippen LogP contribution in [0.1, 0.15) is 18.1 Å². The number of para-hydroxylation sites is 1. The highest BCUT2D eigenvalue weighted by Crippen LogP contribution is 2.12. The van der Waals surface area contributed by atoms with Crippen molar-refractivity contribution < 1.29 is 14.3 Å². The van der Waals surface area contributed by atoms with Crippen molar-refractivity contribution in [1.29, 1.82) is 0 Å². The van der Waals surface area contributed by atoms with E-state index in [0.717, 1.165) is 30.9 Å². The predicted octanol–water partition coefficient (Wildman–Crippen LogP) is 2.69. The number of piperazine rings is 1. The van der Waals surface area contributed by atoms with Crippen molar-refractivity contribution in [2.75, 3.05) is 26.2 Å². The maximum Gasteiger partial charge on any atom is 0.311 e. The molecule has 1 atom stereocenters. The Hall–Kier alpha value is -3.45. The predicted molar refractivity (Wildman–Crippen MR) is 121 cm³/mol. The summed E-state index contributed by atoms with van der Waals surface area (Å²) in [4.78, 5) is 29.2. The van der Waals surface area contributed by atoms with E-state index in [4.69, 9.17) is 4.74 Å². The van der Waals surface area contributed by atoms with Crippen molar-refractivity contribution >= 4 is 11.9 Å². The number of carbonyl (C=O) groups is 2. The average molecular weight is 433 g/mol. The Morgan fingerprint density at radius 3 is 2.28 bits per heavy atom. The first-order valence-electron chi connectivity index (χ1n) is 10.9. The Bertz CT molecular complexity index is 1030. The van der Waals surface area contributed by atoms with Crippen LogP contribution in [0, 0.1) is 0 Å². The van der Waals surface area contributed by atoms with Crippen LogP contribution in [0.3, 0.4) is 0 Å². The molecule has 0 aliphatic carbocycles. The Morgan fingerprint density at radius 2 is 1.59 bits per heavy atom. The van der Waals surface area contributed by atoms with Crippen LogP contribution < -0.4 is 0 Å². The van der Waals surface area contributed by atoms with Gasteiger partial charge in [-0.2, -0.15) is 5.10 Å². The van der Waals surface area contributed by atoms with Gasteiger partial charge < -0.3 is 9.64 Å². The van der Waals surface area contributed by atoms with Crippen molar-refractivity contribution in [2.45, 2.75) is 26.0 Å². The van der Waals surface area contributed by atoms with Gasteiger partial charge in [-0.05, 0) is 24.6 Å². The molecule has 1 amide bonds. The summed E-state index contributed by atoms with van der Waals surface area (Å²) >= 11 is 0. The number of ether oxygens (including phenoxy) is 1. The minimum Gasteiger partial charge on any atom is -0.452 e. The normalized spacial score (nSPS) is 15.3. The molecule has 4 rings (SSSR count). The van der Waals surface area contributed by atoms with E-state index < -0.39 is 12.1 Å². The van der Waals surface area contributed by atoms with Crippen molar-refractivity contribution in [3.05, 3.63) is 84.2 Å². The van der Waals surface area contributed by atoms with Gasteiger partial charge in [0.05, 0.1) is 18.3 Å². The first-order chi connectivity index (χ1) is 15.6. The van der Waals surface area contributed by atoms with Gasteiger partial charge in [0, 0.05) is 44.5 Å². The van der Waals surface area contributed by atoms with Crippen LogP contribution >= 0.6 is 0 Å². The second-order valence-corrected chi connectivity index (χ2v) is 8.02. The zero-order valence-corrected chi connectivity index (χ0v) is 18.3. The molecule has 1 aliphatic heterocycles. The molecule has 1 unspecified atom stereocenters. The molecule has 1 saturated heterocycles. The van der Waals surface area contributed by atoms with Gasteiger partial charge in [-0.15, -0.1) is 0 Å². The van der Waals surface area contributed by atoms with Crippen LogP contribution in [-0.2, 0) is 27.3 Å². The minimum absolute atomic E-state index is 0.0787. The third kappa shape index (κ3) is 5.62. The fourth-order valence-corrected chi connectivity index (χ4v) is 3.85. The van der Waals surface area contributed by atoms with Gasteiger partial charge in [0.2, 0.25) is 0 Å². The molecular formula is C25H28N4O3. The van der Waals surface area contributed by atoms with Gasteiger partial charge in [-0.25, -0.2) is 4.68 Å². The molecule has 1 fully saturated rings. The summed E-state index contributed by atoms with van der Waals surface area (Å²) in [6, 6.07) is 20.0. The Morgan fingerprint density at radius 1 is 0.938 bits per heavy atom. The number of esters is 1. The number of amides is 1. The van der Waals surface area contributed by atoms with Crippen LogP contribution in [0.25, 0.3) is 5.69 Å². The second-order valence-electron chi connectivity index (χ2n) is 8.02. The van der Waals surface area contributed by atoms with E-state index in [1.165, 1.54) is 5.56 Å². The molecule has 0 bridgehead atoms. The molecule has 2 aromatic carbocycles. The molecule has 2 heterocycles. The lowest BCUT2D eigenvalue weighted by Crippen LogP contribution is -2.51. The van der Waals surface area contributed by atoms with Crippen molar-refractivity contribution in [3.63, 3.8) is 0 Å². The highest BCUT2D eigenvalue weighted by atomic mass is 16.5. The monoisotopic (exact) mass is 432 g/mol. The van der Waals surface area contributed by atoms with Crippen LogP contribution in [0.15, 0.2) is 73.1 Å². The SMILES string of the molecule is CC(OC(=O)Cc1cnn(-c2ccccc2)c1)C(=O)N1CCN(Cc2ccccc2)CC1. The molecule has 3 aromatic rings. The second kappa shape index (κ2) is 10.2. The Labute approximate surface area is 188 Å². The number of carbonyl (C=O) groups excluding carboxylic acids is 2. The van der Waals surface area contributed by atoms with E-state index in [0.29, 0.717) is 13.1 Å². The summed E-state index contributed by atoms with van der Waals surface area (Å²) in [5.41, 5.74) is 2.93. The lowest BCUT2D eigenvalue weighted by molar-refractivity contribution is -0.159. The summed E-state index contributed by atoms with van der Waals surface area (Å²) in [6.45, 7) is 5.41. The van der Waals surface area contributed by atoms with Crippen LogP contribution in [0.5, 0.6) is 0 Å². The smallest absolute Gasteiger partial charge is 0.311 e. The summed E-state index contributed by atoms with van der Waals surface area (Å²) in [5, 5.41) is 4.29. The number of aromatic nitrogens is 2. The highest BCUT2D eigenvalue weighted by molar-refractivity contribution is 5.84. The fourth-order valence-electron chi connectivity index (χ4n) is 3.85. The molecule has 166 valence electrons. The fraction of sp³-hybridized carbons (Fsp3) is 0.320. The van der Waals surface area contributed by atoms with Crippen molar-refractivity contribution in [3.8, 4) is 5.69 Å². The van der Waals surface area contributed by atoms with Gasteiger partial charge in [0.15, 0.2) is 6.10 Å². The third-order valence-electron chi connectivity index (χ3n) is 5.59. The van der Waals surface area contributed by atoms with E-state index in [2.05, 4.69) is 22.1 Å². The summed E-state index contributed by atoms with van der Waals surface area (Å²) < 4.78 is 7.14. The first kappa shape index (κ1) is 21.8. The molecule has 32 heavy (non-hydrogen) atoms. The van der Waals surface area contributed by atoms with Gasteiger partial charge in [-0.3, -0.25) is 14.5 Å². The number of rotatable bonds is 7. The van der Waals surface area contributed by atoms with Crippen LogP contribution in [-0.4, -0.2) is 63.7 Å². The largest absolute Gasteiger partial charge is 0.452 e.